The van der Waals surface area contributed by atoms with Crippen molar-refractivity contribution in [2.75, 3.05) is 0 Å². The van der Waals surface area contributed by atoms with Crippen LogP contribution in [0.15, 0.2) is 0 Å². The van der Waals surface area contributed by atoms with Gasteiger partial charge in [0.2, 0.25) is 5.91 Å². The summed E-state index contributed by atoms with van der Waals surface area (Å²) < 4.78 is 0. The largest absolute Gasteiger partial charge is 0.352 e. The zero-order valence-electron chi connectivity index (χ0n) is 9.12. The normalized spacial score (nSPS) is 12.8. The highest BCUT2D eigenvalue weighted by Crippen LogP contribution is 2.09. The van der Waals surface area contributed by atoms with Crippen molar-refractivity contribution >= 4 is 14.0 Å². The molecular formula is C9H21NOSi. The summed E-state index contributed by atoms with van der Waals surface area (Å²) in [5.74, 6) is 0.196. The molecule has 0 aliphatic rings. The minimum atomic E-state index is -1.23. The highest BCUT2D eigenvalue weighted by atomic mass is 28.3. The van der Waals surface area contributed by atoms with E-state index in [1.807, 2.05) is 20.8 Å². The Bertz CT molecular complexity index is 146. The average Bonchev–Trinajstić information content (AvgIpc) is 1.49. The number of carbonyl (C=O) groups excluding carboxylic acids is 1. The van der Waals surface area contributed by atoms with Crippen LogP contribution in [0.5, 0.6) is 0 Å². The molecule has 0 unspecified atom stereocenters. The third-order valence-electron chi connectivity index (χ3n) is 1.21. The second-order valence-electron chi connectivity index (χ2n) is 5.54. The van der Waals surface area contributed by atoms with Crippen molar-refractivity contribution in [3.63, 3.8) is 0 Å². The molecule has 0 saturated carbocycles. The minimum Gasteiger partial charge on any atom is -0.352 e. The van der Waals surface area contributed by atoms with Gasteiger partial charge in [-0.15, -0.1) is 0 Å². The first-order chi connectivity index (χ1) is 5.10. The lowest BCUT2D eigenvalue weighted by Crippen LogP contribution is -2.43. The second kappa shape index (κ2) is 3.60. The van der Waals surface area contributed by atoms with Crippen LogP contribution in [0.3, 0.4) is 0 Å². The van der Waals surface area contributed by atoms with Crippen LogP contribution < -0.4 is 5.32 Å². The summed E-state index contributed by atoms with van der Waals surface area (Å²) in [6, 6.07) is 0.726. The van der Waals surface area contributed by atoms with Crippen molar-refractivity contribution in [2.45, 2.75) is 52.0 Å². The maximum absolute atomic E-state index is 11.4. The minimum absolute atomic E-state index is 0.0866. The molecule has 3 heteroatoms. The van der Waals surface area contributed by atoms with Gasteiger partial charge in [0.15, 0.2) is 0 Å². The highest BCUT2D eigenvalue weighted by molar-refractivity contribution is 6.78. The predicted molar refractivity (Wildman–Crippen MR) is 56.0 cm³/mol. The Morgan fingerprint density at radius 1 is 1.25 bits per heavy atom. The zero-order valence-corrected chi connectivity index (χ0v) is 10.1. The van der Waals surface area contributed by atoms with E-state index in [0.29, 0.717) is 0 Å². The molecule has 12 heavy (non-hydrogen) atoms. The summed E-state index contributed by atoms with van der Waals surface area (Å²) in [5.41, 5.74) is -0.0866. The van der Waals surface area contributed by atoms with E-state index in [-0.39, 0.29) is 11.4 Å². The maximum atomic E-state index is 11.4. The lowest BCUT2D eigenvalue weighted by atomic mass is 10.1. The lowest BCUT2D eigenvalue weighted by Gasteiger charge is -2.23. The number of hydrogen-bond donors (Lipinski definition) is 1. The predicted octanol–water partition coefficient (Wildman–Crippen LogP) is 2.24. The monoisotopic (exact) mass is 187 g/mol. The van der Waals surface area contributed by atoms with Crippen molar-refractivity contribution in [3.05, 3.63) is 0 Å². The number of rotatable bonds is 2. The fraction of sp³-hybridized carbons (Fsp3) is 0.889. The fourth-order valence-electron chi connectivity index (χ4n) is 0.944. The van der Waals surface area contributed by atoms with Gasteiger partial charge < -0.3 is 5.32 Å². The van der Waals surface area contributed by atoms with Gasteiger partial charge in [-0.2, -0.15) is 0 Å². The molecule has 0 fully saturated rings. The van der Waals surface area contributed by atoms with E-state index in [1.54, 1.807) is 0 Å². The van der Waals surface area contributed by atoms with Gasteiger partial charge in [0.05, 0.1) is 8.07 Å². The molecule has 0 saturated heterocycles. The molecule has 0 bridgehead atoms. The first kappa shape index (κ1) is 11.7. The molecule has 0 aromatic heterocycles. The van der Waals surface area contributed by atoms with Gasteiger partial charge in [-0.3, -0.25) is 4.79 Å². The summed E-state index contributed by atoms with van der Waals surface area (Å²) in [4.78, 5) is 11.4. The topological polar surface area (TPSA) is 29.1 Å². The van der Waals surface area contributed by atoms with E-state index >= 15 is 0 Å². The molecule has 0 aliphatic heterocycles. The van der Waals surface area contributed by atoms with Crippen LogP contribution in [-0.2, 0) is 4.79 Å². The van der Waals surface area contributed by atoms with Crippen molar-refractivity contribution in [1.82, 2.24) is 5.32 Å². The van der Waals surface area contributed by atoms with E-state index in [9.17, 15) is 4.79 Å². The number of carbonyl (C=O) groups is 1. The van der Waals surface area contributed by atoms with E-state index in [0.717, 1.165) is 6.04 Å². The Hall–Kier alpha value is -0.313. The van der Waals surface area contributed by atoms with Gasteiger partial charge >= 0.3 is 0 Å². The van der Waals surface area contributed by atoms with Gasteiger partial charge in [-0.05, 0) is 20.8 Å². The van der Waals surface area contributed by atoms with E-state index in [1.165, 1.54) is 0 Å². The van der Waals surface area contributed by atoms with Crippen LogP contribution in [0.25, 0.3) is 0 Å². The Balaban J connectivity index is 3.92. The molecule has 0 heterocycles. The third-order valence-corrected chi connectivity index (χ3v) is 2.59. The van der Waals surface area contributed by atoms with Crippen LogP contribution in [0.4, 0.5) is 0 Å². The average molecular weight is 187 g/mol. The molecular weight excluding hydrogens is 166 g/mol. The summed E-state index contributed by atoms with van der Waals surface area (Å²) in [6.45, 7) is 12.6. The highest BCUT2D eigenvalue weighted by Gasteiger charge is 2.21. The van der Waals surface area contributed by atoms with E-state index in [2.05, 4.69) is 25.0 Å². The summed E-state index contributed by atoms with van der Waals surface area (Å²) in [7, 11) is -1.23. The fourth-order valence-corrected chi connectivity index (χ4v) is 2.00. The quantitative estimate of drug-likeness (QED) is 0.660. The van der Waals surface area contributed by atoms with Crippen LogP contribution >= 0.6 is 0 Å². The smallest absolute Gasteiger partial charge is 0.217 e. The zero-order chi connectivity index (χ0) is 9.99. The lowest BCUT2D eigenvalue weighted by molar-refractivity contribution is -0.120. The van der Waals surface area contributed by atoms with E-state index < -0.39 is 8.07 Å². The molecule has 0 aromatic rings. The molecule has 1 N–H and O–H groups in total. The van der Waals surface area contributed by atoms with Gasteiger partial charge in [-0.1, -0.05) is 19.6 Å². The first-order valence-corrected chi connectivity index (χ1v) is 8.12. The van der Waals surface area contributed by atoms with Crippen molar-refractivity contribution in [3.8, 4) is 0 Å². The van der Waals surface area contributed by atoms with Crippen molar-refractivity contribution in [1.29, 1.82) is 0 Å². The summed E-state index contributed by atoms with van der Waals surface area (Å²) >= 11 is 0. The Labute approximate surface area is 76.8 Å². The van der Waals surface area contributed by atoms with Gasteiger partial charge in [-0.25, -0.2) is 0 Å². The second-order valence-corrected chi connectivity index (χ2v) is 11.0. The van der Waals surface area contributed by atoms with Crippen molar-refractivity contribution < 1.29 is 4.79 Å². The van der Waals surface area contributed by atoms with Crippen LogP contribution in [0.2, 0.25) is 25.7 Å². The standard InChI is InChI=1S/C9H21NOSi/c1-9(2,3)10-8(11)7-12(4,5)6/h7H2,1-6H3,(H,10,11). The Kier molecular flexibility index (Phi) is 3.51. The molecule has 72 valence electrons. The SMILES string of the molecule is CC(C)(C)NC(=O)C[Si](C)(C)C. The summed E-state index contributed by atoms with van der Waals surface area (Å²) in [6.07, 6.45) is 0. The molecule has 0 atom stereocenters. The van der Waals surface area contributed by atoms with E-state index in [4.69, 9.17) is 0 Å². The molecule has 0 aliphatic carbocycles. The molecule has 1 amide bonds. The Morgan fingerprint density at radius 2 is 1.67 bits per heavy atom. The van der Waals surface area contributed by atoms with Crippen LogP contribution in [-0.4, -0.2) is 19.5 Å². The van der Waals surface area contributed by atoms with Gasteiger partial charge in [0.1, 0.15) is 0 Å². The molecule has 0 radical (unpaired) electrons. The molecule has 2 nitrogen and oxygen atoms in total. The van der Waals surface area contributed by atoms with Crippen molar-refractivity contribution in [2.24, 2.45) is 0 Å². The molecule has 0 rings (SSSR count). The van der Waals surface area contributed by atoms with Gasteiger partial charge in [0.25, 0.3) is 0 Å². The summed E-state index contributed by atoms with van der Waals surface area (Å²) in [5, 5.41) is 2.97. The Morgan fingerprint density at radius 3 is 1.92 bits per heavy atom. The first-order valence-electron chi connectivity index (χ1n) is 4.41. The molecule has 0 spiro atoms. The number of hydrogen-bond acceptors (Lipinski definition) is 1. The third kappa shape index (κ3) is 7.79. The number of amides is 1. The maximum Gasteiger partial charge on any atom is 0.217 e. The van der Waals surface area contributed by atoms with Gasteiger partial charge in [0, 0.05) is 11.6 Å². The molecule has 0 aromatic carbocycles. The number of nitrogens with one attached hydrogen (secondary N) is 1. The van der Waals surface area contributed by atoms with Crippen LogP contribution in [0, 0.1) is 0 Å². The van der Waals surface area contributed by atoms with Crippen LogP contribution in [0.1, 0.15) is 20.8 Å².